The zero-order valence-corrected chi connectivity index (χ0v) is 12.7. The van der Waals surface area contributed by atoms with Crippen LogP contribution in [-0.4, -0.2) is 10.9 Å². The SMILES string of the molecule is Cc1cc(Cl)ccc1NC(=O)c1ncoc1-c1cccs1. The predicted octanol–water partition coefficient (Wildman–Crippen LogP) is 4.62. The molecule has 2 heterocycles. The highest BCUT2D eigenvalue weighted by atomic mass is 35.5. The molecule has 0 spiro atoms. The average Bonchev–Trinajstić information content (AvgIpc) is 3.10. The molecule has 0 bridgehead atoms. The summed E-state index contributed by atoms with van der Waals surface area (Å²) in [6.07, 6.45) is 1.28. The number of hydrogen-bond donors (Lipinski definition) is 1. The molecule has 0 radical (unpaired) electrons. The number of nitrogens with one attached hydrogen (secondary N) is 1. The third-order valence-electron chi connectivity index (χ3n) is 2.96. The number of carbonyl (C=O) groups excluding carboxylic acids is 1. The van der Waals surface area contributed by atoms with Crippen LogP contribution in [-0.2, 0) is 0 Å². The fraction of sp³-hybridized carbons (Fsp3) is 0.0667. The summed E-state index contributed by atoms with van der Waals surface area (Å²) in [4.78, 5) is 17.2. The van der Waals surface area contributed by atoms with Gasteiger partial charge in [-0.1, -0.05) is 17.7 Å². The molecule has 0 aliphatic carbocycles. The van der Waals surface area contributed by atoms with Crippen molar-refractivity contribution in [1.82, 2.24) is 4.98 Å². The van der Waals surface area contributed by atoms with Crippen molar-refractivity contribution in [3.8, 4) is 10.6 Å². The number of amides is 1. The van der Waals surface area contributed by atoms with Gasteiger partial charge in [-0.2, -0.15) is 0 Å². The van der Waals surface area contributed by atoms with Crippen LogP contribution in [0.15, 0.2) is 46.5 Å². The van der Waals surface area contributed by atoms with E-state index < -0.39 is 0 Å². The Labute approximate surface area is 130 Å². The molecule has 1 aromatic carbocycles. The second-order valence-electron chi connectivity index (χ2n) is 4.42. The smallest absolute Gasteiger partial charge is 0.278 e. The maximum atomic E-state index is 12.4. The first-order valence-corrected chi connectivity index (χ1v) is 7.46. The average molecular weight is 319 g/mol. The van der Waals surface area contributed by atoms with E-state index in [9.17, 15) is 4.79 Å². The van der Waals surface area contributed by atoms with Gasteiger partial charge in [-0.25, -0.2) is 4.98 Å². The molecule has 0 saturated carbocycles. The minimum Gasteiger partial charge on any atom is -0.442 e. The molecule has 0 atom stereocenters. The molecular weight excluding hydrogens is 308 g/mol. The number of hydrogen-bond acceptors (Lipinski definition) is 4. The molecule has 3 aromatic rings. The van der Waals surface area contributed by atoms with Gasteiger partial charge in [0.2, 0.25) is 0 Å². The van der Waals surface area contributed by atoms with E-state index in [0.29, 0.717) is 16.5 Å². The number of rotatable bonds is 3. The van der Waals surface area contributed by atoms with Gasteiger partial charge in [0, 0.05) is 10.7 Å². The van der Waals surface area contributed by atoms with E-state index in [1.165, 1.54) is 17.7 Å². The first kappa shape index (κ1) is 13.9. The summed E-state index contributed by atoms with van der Waals surface area (Å²) in [5.74, 6) is 0.173. The van der Waals surface area contributed by atoms with Crippen molar-refractivity contribution < 1.29 is 9.21 Å². The van der Waals surface area contributed by atoms with Crippen molar-refractivity contribution >= 4 is 34.5 Å². The highest BCUT2D eigenvalue weighted by Crippen LogP contribution is 2.28. The van der Waals surface area contributed by atoms with Gasteiger partial charge in [-0.15, -0.1) is 11.3 Å². The number of halogens is 1. The lowest BCUT2D eigenvalue weighted by molar-refractivity contribution is 0.102. The second-order valence-corrected chi connectivity index (χ2v) is 5.80. The molecule has 2 aromatic heterocycles. The zero-order chi connectivity index (χ0) is 14.8. The van der Waals surface area contributed by atoms with Gasteiger partial charge < -0.3 is 9.73 Å². The van der Waals surface area contributed by atoms with Gasteiger partial charge in [-0.3, -0.25) is 4.79 Å². The van der Waals surface area contributed by atoms with Crippen molar-refractivity contribution in [2.75, 3.05) is 5.32 Å². The standard InChI is InChI=1S/C15H11ClN2O2S/c1-9-7-10(16)4-5-11(9)18-15(19)13-14(20-8-17-13)12-3-2-6-21-12/h2-8H,1H3,(H,18,19). The largest absolute Gasteiger partial charge is 0.442 e. The van der Waals surface area contributed by atoms with Gasteiger partial charge in [0.15, 0.2) is 17.8 Å². The van der Waals surface area contributed by atoms with E-state index in [4.69, 9.17) is 16.0 Å². The van der Waals surface area contributed by atoms with Gasteiger partial charge >= 0.3 is 0 Å². The minimum absolute atomic E-state index is 0.270. The predicted molar refractivity (Wildman–Crippen MR) is 84.0 cm³/mol. The summed E-state index contributed by atoms with van der Waals surface area (Å²) >= 11 is 7.40. The molecule has 0 aliphatic rings. The van der Waals surface area contributed by atoms with Crippen molar-refractivity contribution in [3.63, 3.8) is 0 Å². The Morgan fingerprint density at radius 1 is 1.38 bits per heavy atom. The quantitative estimate of drug-likeness (QED) is 0.766. The number of carbonyl (C=O) groups is 1. The van der Waals surface area contributed by atoms with Crippen LogP contribution >= 0.6 is 22.9 Å². The second kappa shape index (κ2) is 5.71. The van der Waals surface area contributed by atoms with Crippen LogP contribution in [0, 0.1) is 6.92 Å². The van der Waals surface area contributed by atoms with E-state index in [1.807, 2.05) is 24.4 Å². The Hall–Kier alpha value is -2.11. The lowest BCUT2D eigenvalue weighted by Gasteiger charge is -2.07. The molecule has 6 heteroatoms. The van der Waals surface area contributed by atoms with E-state index in [0.717, 1.165) is 10.4 Å². The fourth-order valence-electron chi connectivity index (χ4n) is 1.94. The molecule has 1 N–H and O–H groups in total. The van der Waals surface area contributed by atoms with Gasteiger partial charge in [0.25, 0.3) is 5.91 Å². The summed E-state index contributed by atoms with van der Waals surface area (Å²) in [7, 11) is 0. The third-order valence-corrected chi connectivity index (χ3v) is 4.07. The number of aryl methyl sites for hydroxylation is 1. The summed E-state index contributed by atoms with van der Waals surface area (Å²) in [5, 5.41) is 5.38. The van der Waals surface area contributed by atoms with Crippen LogP contribution < -0.4 is 5.32 Å². The highest BCUT2D eigenvalue weighted by molar-refractivity contribution is 7.13. The Balaban J connectivity index is 1.88. The van der Waals surface area contributed by atoms with Gasteiger partial charge in [0.1, 0.15) is 0 Å². The fourth-order valence-corrected chi connectivity index (χ4v) is 2.88. The van der Waals surface area contributed by atoms with E-state index in [-0.39, 0.29) is 11.6 Å². The van der Waals surface area contributed by atoms with E-state index >= 15 is 0 Å². The van der Waals surface area contributed by atoms with Crippen LogP contribution in [0.2, 0.25) is 5.02 Å². The molecule has 0 fully saturated rings. The lowest BCUT2D eigenvalue weighted by Crippen LogP contribution is -2.14. The van der Waals surface area contributed by atoms with Crippen LogP contribution in [0.25, 0.3) is 10.6 Å². The minimum atomic E-state index is -0.308. The Bertz CT molecular complexity index is 781. The van der Waals surface area contributed by atoms with E-state index in [2.05, 4.69) is 10.3 Å². The highest BCUT2D eigenvalue weighted by Gasteiger charge is 2.19. The van der Waals surface area contributed by atoms with Crippen LogP contribution in [0.4, 0.5) is 5.69 Å². The molecule has 21 heavy (non-hydrogen) atoms. The van der Waals surface area contributed by atoms with Crippen molar-refractivity contribution in [2.45, 2.75) is 6.92 Å². The molecule has 106 valence electrons. The summed E-state index contributed by atoms with van der Waals surface area (Å²) in [6, 6.07) is 9.07. The number of oxazole rings is 1. The number of aromatic nitrogens is 1. The maximum absolute atomic E-state index is 12.4. The van der Waals surface area contributed by atoms with Crippen LogP contribution in [0.5, 0.6) is 0 Å². The number of thiophene rings is 1. The molecule has 4 nitrogen and oxygen atoms in total. The van der Waals surface area contributed by atoms with Crippen molar-refractivity contribution in [1.29, 1.82) is 0 Å². The number of anilines is 1. The third kappa shape index (κ3) is 2.84. The van der Waals surface area contributed by atoms with Gasteiger partial charge in [-0.05, 0) is 42.1 Å². The van der Waals surface area contributed by atoms with Gasteiger partial charge in [0.05, 0.1) is 4.88 Å². The number of benzene rings is 1. The first-order valence-electron chi connectivity index (χ1n) is 6.20. The Kier molecular flexibility index (Phi) is 3.77. The summed E-state index contributed by atoms with van der Waals surface area (Å²) in [5.41, 5.74) is 1.85. The topological polar surface area (TPSA) is 55.1 Å². The summed E-state index contributed by atoms with van der Waals surface area (Å²) in [6.45, 7) is 1.88. The maximum Gasteiger partial charge on any atom is 0.278 e. The van der Waals surface area contributed by atoms with Crippen molar-refractivity contribution in [3.05, 3.63) is 58.4 Å². The number of nitrogens with zero attached hydrogens (tertiary/aromatic N) is 1. The first-order chi connectivity index (χ1) is 10.1. The monoisotopic (exact) mass is 318 g/mol. The lowest BCUT2D eigenvalue weighted by atomic mass is 10.2. The van der Waals surface area contributed by atoms with E-state index in [1.54, 1.807) is 18.2 Å². The molecule has 0 unspecified atom stereocenters. The zero-order valence-electron chi connectivity index (χ0n) is 11.1. The molecule has 0 saturated heterocycles. The molecule has 3 rings (SSSR count). The normalized spacial score (nSPS) is 10.6. The summed E-state index contributed by atoms with van der Waals surface area (Å²) < 4.78 is 5.33. The Morgan fingerprint density at radius 3 is 2.95 bits per heavy atom. The molecule has 1 amide bonds. The van der Waals surface area contributed by atoms with Crippen molar-refractivity contribution in [2.24, 2.45) is 0 Å². The molecule has 0 aliphatic heterocycles. The molecular formula is C15H11ClN2O2S. The Morgan fingerprint density at radius 2 is 2.24 bits per heavy atom. The van der Waals surface area contributed by atoms with Crippen LogP contribution in [0.1, 0.15) is 16.1 Å². The van der Waals surface area contributed by atoms with Crippen LogP contribution in [0.3, 0.4) is 0 Å².